The minimum Gasteiger partial charge on any atom is -0.459 e. The van der Waals surface area contributed by atoms with E-state index in [9.17, 15) is 13.2 Å². The lowest BCUT2D eigenvalue weighted by atomic mass is 10.2. The average molecular weight is 386 g/mol. The van der Waals surface area contributed by atoms with Gasteiger partial charge in [-0.2, -0.15) is 0 Å². The number of furan rings is 1. The maximum Gasteiger partial charge on any atom is 0.240 e. The third-order valence-electron chi connectivity index (χ3n) is 4.52. The van der Waals surface area contributed by atoms with Crippen LogP contribution in [0.15, 0.2) is 70.0 Å². The minimum atomic E-state index is -3.61. The quantitative estimate of drug-likeness (QED) is 0.675. The number of nitrogens with one attached hydrogen (secondary N) is 1. The maximum absolute atomic E-state index is 12.4. The third-order valence-corrected chi connectivity index (χ3v) is 5.99. The van der Waals surface area contributed by atoms with Crippen LogP contribution in [0.2, 0.25) is 0 Å². The van der Waals surface area contributed by atoms with Crippen LogP contribution in [0.25, 0.3) is 11.0 Å². The summed E-state index contributed by atoms with van der Waals surface area (Å²) >= 11 is 0. The van der Waals surface area contributed by atoms with Gasteiger partial charge in [-0.15, -0.1) is 0 Å². The van der Waals surface area contributed by atoms with Crippen LogP contribution in [0.3, 0.4) is 0 Å². The third kappa shape index (κ3) is 4.37. The van der Waals surface area contributed by atoms with Gasteiger partial charge in [-0.05, 0) is 31.2 Å². The Labute approximate surface area is 158 Å². The Morgan fingerprint density at radius 3 is 2.48 bits per heavy atom. The smallest absolute Gasteiger partial charge is 0.240 e. The Bertz CT molecular complexity index is 995. The van der Waals surface area contributed by atoms with Crippen molar-refractivity contribution in [2.75, 3.05) is 13.6 Å². The van der Waals surface area contributed by atoms with Crippen molar-refractivity contribution in [1.82, 2.24) is 9.62 Å². The Hall–Kier alpha value is -2.64. The van der Waals surface area contributed by atoms with Crippen LogP contribution in [0, 0.1) is 0 Å². The summed E-state index contributed by atoms with van der Waals surface area (Å²) in [5, 5.41) is 0.982. The second-order valence-corrected chi connectivity index (χ2v) is 8.09. The van der Waals surface area contributed by atoms with E-state index in [2.05, 4.69) is 4.72 Å². The monoisotopic (exact) mass is 386 g/mol. The molecule has 0 aliphatic heterocycles. The molecule has 1 aromatic heterocycles. The number of benzene rings is 2. The van der Waals surface area contributed by atoms with Crippen molar-refractivity contribution in [3.05, 3.63) is 66.4 Å². The molecule has 0 aliphatic rings. The number of sulfonamides is 1. The molecule has 142 valence electrons. The summed E-state index contributed by atoms with van der Waals surface area (Å²) in [5.41, 5.74) is 0.774. The summed E-state index contributed by atoms with van der Waals surface area (Å²) in [6, 6.07) is 17.4. The van der Waals surface area contributed by atoms with Gasteiger partial charge in [-0.3, -0.25) is 4.79 Å². The fourth-order valence-electron chi connectivity index (χ4n) is 2.77. The molecule has 7 heteroatoms. The van der Waals surface area contributed by atoms with E-state index >= 15 is 0 Å². The second-order valence-electron chi connectivity index (χ2n) is 6.33. The fourth-order valence-corrected chi connectivity index (χ4v) is 3.82. The molecule has 1 unspecified atom stereocenters. The van der Waals surface area contributed by atoms with Gasteiger partial charge in [0.15, 0.2) is 0 Å². The zero-order chi connectivity index (χ0) is 19.4. The average Bonchev–Trinajstić information content (AvgIpc) is 3.11. The van der Waals surface area contributed by atoms with Gasteiger partial charge < -0.3 is 9.32 Å². The van der Waals surface area contributed by atoms with Gasteiger partial charge in [0.25, 0.3) is 0 Å². The van der Waals surface area contributed by atoms with Crippen LogP contribution in [-0.4, -0.2) is 32.8 Å². The largest absolute Gasteiger partial charge is 0.459 e. The highest BCUT2D eigenvalue weighted by Gasteiger charge is 2.21. The van der Waals surface area contributed by atoms with Crippen LogP contribution in [0.5, 0.6) is 0 Å². The molecular weight excluding hydrogens is 364 g/mol. The number of hydrogen-bond acceptors (Lipinski definition) is 4. The number of fused-ring (bicyclic) bond motifs is 1. The summed E-state index contributed by atoms with van der Waals surface area (Å²) in [6.07, 6.45) is 0.0626. The zero-order valence-electron chi connectivity index (χ0n) is 15.3. The summed E-state index contributed by atoms with van der Waals surface area (Å²) in [7, 11) is -1.92. The molecule has 6 nitrogen and oxygen atoms in total. The van der Waals surface area contributed by atoms with Crippen LogP contribution in [0.4, 0.5) is 0 Å². The summed E-state index contributed by atoms with van der Waals surface area (Å²) in [5.74, 6) is 0.524. The van der Waals surface area contributed by atoms with Crippen molar-refractivity contribution in [3.8, 4) is 0 Å². The molecule has 27 heavy (non-hydrogen) atoms. The van der Waals surface area contributed by atoms with Crippen LogP contribution < -0.4 is 4.72 Å². The van der Waals surface area contributed by atoms with E-state index in [0.717, 1.165) is 11.0 Å². The van der Waals surface area contributed by atoms with Crippen molar-refractivity contribution in [2.45, 2.75) is 24.3 Å². The molecule has 3 aromatic rings. The summed E-state index contributed by atoms with van der Waals surface area (Å²) in [6.45, 7) is 1.91. The lowest BCUT2D eigenvalue weighted by molar-refractivity contribution is -0.131. The number of carbonyl (C=O) groups is 1. The van der Waals surface area contributed by atoms with E-state index in [1.54, 1.807) is 30.1 Å². The Morgan fingerprint density at radius 2 is 1.78 bits per heavy atom. The molecule has 1 heterocycles. The first-order chi connectivity index (χ1) is 12.9. The molecule has 1 atom stereocenters. The Balaban J connectivity index is 1.59. The molecule has 1 amide bonds. The predicted molar refractivity (Wildman–Crippen MR) is 104 cm³/mol. The van der Waals surface area contributed by atoms with E-state index < -0.39 is 10.0 Å². The molecule has 0 bridgehead atoms. The van der Waals surface area contributed by atoms with Gasteiger partial charge in [-0.1, -0.05) is 36.4 Å². The normalized spacial score (nSPS) is 12.8. The van der Waals surface area contributed by atoms with Crippen LogP contribution in [0.1, 0.15) is 25.1 Å². The van der Waals surface area contributed by atoms with Crippen LogP contribution >= 0.6 is 0 Å². The number of hydrogen-bond donors (Lipinski definition) is 1. The lowest BCUT2D eigenvalue weighted by Crippen LogP contribution is -2.33. The summed E-state index contributed by atoms with van der Waals surface area (Å²) < 4.78 is 32.6. The number of carbonyl (C=O) groups excluding carboxylic acids is 1. The molecule has 2 aromatic carbocycles. The Morgan fingerprint density at radius 1 is 1.11 bits per heavy atom. The molecule has 0 spiro atoms. The van der Waals surface area contributed by atoms with Gasteiger partial charge in [0, 0.05) is 25.4 Å². The first-order valence-corrected chi connectivity index (χ1v) is 10.2. The maximum atomic E-state index is 12.4. The standard InChI is InChI=1S/C20H22N2O4S/c1-15(19-14-16-8-6-7-11-18(16)26-19)22(2)20(23)12-13-21-27(24,25)17-9-4-3-5-10-17/h3-11,14-15,21H,12-13H2,1-2H3. The first kappa shape index (κ1) is 19.1. The zero-order valence-corrected chi connectivity index (χ0v) is 16.1. The molecule has 3 rings (SSSR count). The molecule has 0 aliphatic carbocycles. The van der Waals surface area contributed by atoms with Crippen LogP contribution in [-0.2, 0) is 14.8 Å². The van der Waals surface area contributed by atoms with E-state index in [1.807, 2.05) is 37.3 Å². The number of nitrogens with zero attached hydrogens (tertiary/aromatic N) is 1. The van der Waals surface area contributed by atoms with E-state index in [4.69, 9.17) is 4.42 Å². The van der Waals surface area contributed by atoms with Gasteiger partial charge in [0.2, 0.25) is 15.9 Å². The molecular formula is C20H22N2O4S. The van der Waals surface area contributed by atoms with Gasteiger partial charge in [0.1, 0.15) is 11.3 Å². The van der Waals surface area contributed by atoms with Crippen molar-refractivity contribution in [1.29, 1.82) is 0 Å². The van der Waals surface area contributed by atoms with E-state index in [-0.39, 0.29) is 29.8 Å². The fraction of sp³-hybridized carbons (Fsp3) is 0.250. The van der Waals surface area contributed by atoms with E-state index in [0.29, 0.717) is 5.76 Å². The first-order valence-electron chi connectivity index (χ1n) is 8.67. The van der Waals surface area contributed by atoms with Crippen molar-refractivity contribution in [3.63, 3.8) is 0 Å². The topological polar surface area (TPSA) is 79.6 Å². The minimum absolute atomic E-state index is 0.0350. The van der Waals surface area contributed by atoms with Gasteiger partial charge >= 0.3 is 0 Å². The van der Waals surface area contributed by atoms with Gasteiger partial charge in [-0.25, -0.2) is 13.1 Å². The molecule has 0 radical (unpaired) electrons. The highest BCUT2D eigenvalue weighted by Crippen LogP contribution is 2.26. The van der Waals surface area contributed by atoms with E-state index in [1.165, 1.54) is 12.1 Å². The number of rotatable bonds is 7. The van der Waals surface area contributed by atoms with Gasteiger partial charge in [0.05, 0.1) is 10.9 Å². The highest BCUT2D eigenvalue weighted by atomic mass is 32.2. The van der Waals surface area contributed by atoms with Crippen molar-refractivity contribution >= 4 is 26.9 Å². The molecule has 0 saturated heterocycles. The van der Waals surface area contributed by atoms with Crippen molar-refractivity contribution in [2.24, 2.45) is 0 Å². The second kappa shape index (κ2) is 7.94. The number of para-hydroxylation sites is 1. The lowest BCUT2D eigenvalue weighted by Gasteiger charge is -2.23. The SMILES string of the molecule is CC(c1cc2ccccc2o1)N(C)C(=O)CCNS(=O)(=O)c1ccccc1. The number of amides is 1. The highest BCUT2D eigenvalue weighted by molar-refractivity contribution is 7.89. The van der Waals surface area contributed by atoms with Crippen molar-refractivity contribution < 1.29 is 17.6 Å². The molecule has 1 N–H and O–H groups in total. The Kier molecular flexibility index (Phi) is 5.62. The predicted octanol–water partition coefficient (Wildman–Crippen LogP) is 3.32. The molecule has 0 saturated carbocycles. The molecule has 0 fully saturated rings. The summed E-state index contributed by atoms with van der Waals surface area (Å²) in [4.78, 5) is 14.2.